The van der Waals surface area contributed by atoms with E-state index in [1.165, 1.54) is 25.0 Å². The average molecular weight is 342 g/mol. The van der Waals surface area contributed by atoms with Gasteiger partial charge < -0.3 is 20.1 Å². The minimum atomic E-state index is 0.472. The lowest BCUT2D eigenvalue weighted by molar-refractivity contribution is 0.376. The Kier molecular flexibility index (Phi) is 4.29. The molecule has 2 N–H and O–H groups in total. The van der Waals surface area contributed by atoms with Gasteiger partial charge in [0, 0.05) is 31.1 Å². The van der Waals surface area contributed by atoms with Gasteiger partial charge in [0.05, 0.1) is 6.54 Å². The van der Waals surface area contributed by atoms with E-state index in [0.717, 1.165) is 44.1 Å². The number of nitrogens with two attached hydrogens (primary N) is 1. The van der Waals surface area contributed by atoms with Gasteiger partial charge in [-0.3, -0.25) is 0 Å². The Bertz CT molecular complexity index is 728. The van der Waals surface area contributed by atoms with Crippen LogP contribution in [0.3, 0.4) is 0 Å². The summed E-state index contributed by atoms with van der Waals surface area (Å²) in [5.41, 5.74) is 5.78. The number of nitrogens with zero attached hydrogens (tertiary/aromatic N) is 7. The van der Waals surface area contributed by atoms with Crippen LogP contribution in [0.2, 0.25) is 0 Å². The van der Waals surface area contributed by atoms with Crippen LogP contribution in [0.4, 0.5) is 11.6 Å². The Labute approximate surface area is 148 Å². The first-order valence-corrected chi connectivity index (χ1v) is 9.02. The van der Waals surface area contributed by atoms with Gasteiger partial charge in [-0.15, -0.1) is 10.2 Å². The van der Waals surface area contributed by atoms with Crippen LogP contribution in [0.1, 0.15) is 49.3 Å². The summed E-state index contributed by atoms with van der Waals surface area (Å²) < 4.78 is 2.42. The lowest BCUT2D eigenvalue weighted by atomic mass is 9.95. The molecule has 8 nitrogen and oxygen atoms in total. The molecule has 1 aliphatic heterocycles. The molecule has 8 heteroatoms. The molecule has 0 radical (unpaired) electrons. The molecule has 0 amide bonds. The van der Waals surface area contributed by atoms with Crippen LogP contribution in [0, 0.1) is 0 Å². The fraction of sp³-hybridized carbons (Fsp3) is 0.647. The first-order chi connectivity index (χ1) is 12.1. The van der Waals surface area contributed by atoms with E-state index in [4.69, 9.17) is 5.73 Å². The molecule has 1 aliphatic carbocycles. The highest BCUT2D eigenvalue weighted by Crippen LogP contribution is 2.40. The minimum absolute atomic E-state index is 0.472. The Hall–Kier alpha value is -2.22. The third kappa shape index (κ3) is 3.44. The number of hydrogen-bond donors (Lipinski definition) is 1. The number of aromatic nitrogens is 5. The maximum atomic E-state index is 5.78. The fourth-order valence-corrected chi connectivity index (χ4v) is 3.64. The second-order valence-electron chi connectivity index (χ2n) is 7.38. The number of anilines is 2. The molecule has 1 saturated heterocycles. The summed E-state index contributed by atoms with van der Waals surface area (Å²) >= 11 is 0. The van der Waals surface area contributed by atoms with Crippen molar-refractivity contribution in [2.24, 2.45) is 0 Å². The third-order valence-electron chi connectivity index (χ3n) is 5.02. The van der Waals surface area contributed by atoms with Crippen LogP contribution >= 0.6 is 0 Å². The van der Waals surface area contributed by atoms with Crippen LogP contribution in [-0.4, -0.2) is 56.8 Å². The molecule has 2 aromatic rings. The molecular weight excluding hydrogens is 316 g/mol. The predicted molar refractivity (Wildman–Crippen MR) is 96.3 cm³/mol. The number of rotatable bonds is 5. The second-order valence-corrected chi connectivity index (χ2v) is 7.38. The van der Waals surface area contributed by atoms with Crippen LogP contribution in [0.5, 0.6) is 0 Å². The van der Waals surface area contributed by atoms with E-state index in [-0.39, 0.29) is 0 Å². The van der Waals surface area contributed by atoms with Crippen molar-refractivity contribution in [3.63, 3.8) is 0 Å². The minimum Gasteiger partial charge on any atom is -0.384 e. The molecule has 134 valence electrons. The molecule has 0 aromatic carbocycles. The summed E-state index contributed by atoms with van der Waals surface area (Å²) in [6, 6.07) is 2.46. The van der Waals surface area contributed by atoms with Crippen LogP contribution in [0.25, 0.3) is 0 Å². The van der Waals surface area contributed by atoms with Gasteiger partial charge >= 0.3 is 0 Å². The van der Waals surface area contributed by atoms with E-state index >= 15 is 0 Å². The number of piperidine rings is 1. The first kappa shape index (κ1) is 16.3. The van der Waals surface area contributed by atoms with Crippen molar-refractivity contribution in [3.8, 4) is 0 Å². The van der Waals surface area contributed by atoms with E-state index in [2.05, 4.69) is 48.6 Å². The maximum Gasteiger partial charge on any atom is 0.147 e. The van der Waals surface area contributed by atoms with Crippen LogP contribution in [0.15, 0.2) is 12.4 Å². The Morgan fingerprint density at radius 2 is 1.88 bits per heavy atom. The van der Waals surface area contributed by atoms with E-state index in [9.17, 15) is 0 Å². The van der Waals surface area contributed by atoms with Crippen LogP contribution in [-0.2, 0) is 6.54 Å². The van der Waals surface area contributed by atoms with Gasteiger partial charge in [0.25, 0.3) is 0 Å². The van der Waals surface area contributed by atoms with Gasteiger partial charge in [-0.2, -0.15) is 0 Å². The van der Waals surface area contributed by atoms with Crippen molar-refractivity contribution in [3.05, 3.63) is 24.0 Å². The van der Waals surface area contributed by atoms with Crippen LogP contribution < -0.4 is 10.6 Å². The van der Waals surface area contributed by atoms with E-state index < -0.39 is 0 Å². The zero-order valence-electron chi connectivity index (χ0n) is 15.0. The standard InChI is InChI=1S/C17H26N8/c1-23(2)10-16-21-22-17(25(16)13-3-4-13)12-5-7-24(8-6-12)15-9-14(18)19-11-20-15/h9,11-13H,3-8,10H2,1-2H3,(H2,18,19,20). The highest BCUT2D eigenvalue weighted by molar-refractivity contribution is 5.46. The molecule has 25 heavy (non-hydrogen) atoms. The van der Waals surface area contributed by atoms with E-state index in [0.29, 0.717) is 17.8 Å². The van der Waals surface area contributed by atoms with Crippen molar-refractivity contribution < 1.29 is 0 Å². The molecule has 0 bridgehead atoms. The van der Waals surface area contributed by atoms with Crippen molar-refractivity contribution in [2.45, 2.75) is 44.2 Å². The molecule has 3 heterocycles. The van der Waals surface area contributed by atoms with Crippen molar-refractivity contribution in [2.75, 3.05) is 37.8 Å². The summed E-state index contributed by atoms with van der Waals surface area (Å²) in [5.74, 6) is 4.20. The molecule has 0 unspecified atom stereocenters. The van der Waals surface area contributed by atoms with E-state index in [1.807, 2.05) is 6.07 Å². The van der Waals surface area contributed by atoms with Gasteiger partial charge in [0.15, 0.2) is 0 Å². The van der Waals surface area contributed by atoms with Gasteiger partial charge in [0.2, 0.25) is 0 Å². The number of nitrogen functional groups attached to an aromatic ring is 1. The topological polar surface area (TPSA) is 89.0 Å². The SMILES string of the molecule is CN(C)Cc1nnc(C2CCN(c3cc(N)ncn3)CC2)n1C1CC1. The molecule has 1 saturated carbocycles. The maximum absolute atomic E-state index is 5.78. The Balaban J connectivity index is 1.48. The summed E-state index contributed by atoms with van der Waals surface area (Å²) in [4.78, 5) is 12.8. The molecular formula is C17H26N8. The summed E-state index contributed by atoms with van der Waals surface area (Å²) in [6.07, 6.45) is 6.18. The zero-order chi connectivity index (χ0) is 17.4. The molecule has 0 spiro atoms. The smallest absolute Gasteiger partial charge is 0.147 e. The lowest BCUT2D eigenvalue weighted by Crippen LogP contribution is -2.34. The largest absolute Gasteiger partial charge is 0.384 e. The monoisotopic (exact) mass is 342 g/mol. The summed E-state index contributed by atoms with van der Waals surface area (Å²) in [7, 11) is 4.16. The number of hydrogen-bond acceptors (Lipinski definition) is 7. The highest BCUT2D eigenvalue weighted by atomic mass is 15.3. The first-order valence-electron chi connectivity index (χ1n) is 9.02. The van der Waals surface area contributed by atoms with Crippen molar-refractivity contribution >= 4 is 11.6 Å². The van der Waals surface area contributed by atoms with E-state index in [1.54, 1.807) is 0 Å². The molecule has 2 aromatic heterocycles. The van der Waals surface area contributed by atoms with Gasteiger partial charge in [-0.25, -0.2) is 9.97 Å². The summed E-state index contributed by atoms with van der Waals surface area (Å²) in [5, 5.41) is 9.09. The molecule has 2 aliphatic rings. The molecule has 0 atom stereocenters. The predicted octanol–water partition coefficient (Wildman–Crippen LogP) is 1.43. The highest BCUT2D eigenvalue weighted by Gasteiger charge is 2.33. The van der Waals surface area contributed by atoms with Gasteiger partial charge in [-0.05, 0) is 39.8 Å². The summed E-state index contributed by atoms with van der Waals surface area (Å²) in [6.45, 7) is 2.77. The third-order valence-corrected chi connectivity index (χ3v) is 5.02. The zero-order valence-corrected chi connectivity index (χ0v) is 15.0. The lowest BCUT2D eigenvalue weighted by Gasteiger charge is -2.32. The van der Waals surface area contributed by atoms with Crippen molar-refractivity contribution in [1.29, 1.82) is 0 Å². The van der Waals surface area contributed by atoms with Gasteiger partial charge in [-0.1, -0.05) is 0 Å². The second kappa shape index (κ2) is 6.59. The average Bonchev–Trinajstić information content (AvgIpc) is 3.35. The molecule has 4 rings (SSSR count). The van der Waals surface area contributed by atoms with Gasteiger partial charge in [0.1, 0.15) is 29.6 Å². The Morgan fingerprint density at radius 3 is 2.52 bits per heavy atom. The quantitative estimate of drug-likeness (QED) is 0.879. The fourth-order valence-electron chi connectivity index (χ4n) is 3.64. The Morgan fingerprint density at radius 1 is 1.12 bits per heavy atom. The molecule has 2 fully saturated rings. The normalized spacial score (nSPS) is 18.9. The van der Waals surface area contributed by atoms with Crippen molar-refractivity contribution in [1.82, 2.24) is 29.6 Å².